The predicted molar refractivity (Wildman–Crippen MR) is 54.6 cm³/mol. The Kier molecular flexibility index (Phi) is 1.05. The van der Waals surface area contributed by atoms with Crippen molar-refractivity contribution in [3.05, 3.63) is 30.6 Å². The van der Waals surface area contributed by atoms with Gasteiger partial charge in [-0.15, -0.1) is 0 Å². The Labute approximate surface area is 74.6 Å². The highest BCUT2D eigenvalue weighted by Crippen LogP contribution is 2.28. The van der Waals surface area contributed by atoms with Crippen molar-refractivity contribution in [1.29, 1.82) is 0 Å². The van der Waals surface area contributed by atoms with Gasteiger partial charge in [0.25, 0.3) is 0 Å². The zero-order chi connectivity index (χ0) is 8.84. The quantitative estimate of drug-likeness (QED) is 0.477. The largest absolute Gasteiger partial charge is 0.397 e. The molecule has 0 aliphatic carbocycles. The summed E-state index contributed by atoms with van der Waals surface area (Å²) in [5, 5.41) is 2.29. The molecule has 0 saturated carbocycles. The standard InChI is InChI=1S/C10H9N3/c11-7-5-13-9-2-1-8-6(10(7)9)3-4-12-8/h1-5,12-13H,11H2. The van der Waals surface area contributed by atoms with E-state index in [0.29, 0.717) is 0 Å². The Bertz CT molecular complexity index is 574. The van der Waals surface area contributed by atoms with Gasteiger partial charge in [-0.05, 0) is 18.2 Å². The van der Waals surface area contributed by atoms with E-state index in [-0.39, 0.29) is 0 Å². The average molecular weight is 171 g/mol. The van der Waals surface area contributed by atoms with Crippen LogP contribution >= 0.6 is 0 Å². The van der Waals surface area contributed by atoms with E-state index < -0.39 is 0 Å². The van der Waals surface area contributed by atoms with Crippen molar-refractivity contribution in [2.75, 3.05) is 5.73 Å². The van der Waals surface area contributed by atoms with Gasteiger partial charge in [-0.1, -0.05) is 0 Å². The van der Waals surface area contributed by atoms with Gasteiger partial charge in [-0.3, -0.25) is 0 Å². The number of hydrogen-bond acceptors (Lipinski definition) is 1. The Balaban J connectivity index is 2.70. The highest BCUT2D eigenvalue weighted by Gasteiger charge is 2.04. The molecule has 2 aromatic heterocycles. The number of nitrogens with one attached hydrogen (secondary N) is 2. The minimum absolute atomic E-state index is 0.806. The summed E-state index contributed by atoms with van der Waals surface area (Å²) in [7, 11) is 0. The number of nitrogens with two attached hydrogens (primary N) is 1. The lowest BCUT2D eigenvalue weighted by Crippen LogP contribution is -1.80. The van der Waals surface area contributed by atoms with Gasteiger partial charge in [0.15, 0.2) is 0 Å². The molecule has 64 valence electrons. The fraction of sp³-hybridized carbons (Fsp3) is 0. The van der Waals surface area contributed by atoms with E-state index in [9.17, 15) is 0 Å². The summed E-state index contributed by atoms with van der Waals surface area (Å²) in [6, 6.07) is 6.12. The summed E-state index contributed by atoms with van der Waals surface area (Å²) in [5.41, 5.74) is 8.87. The molecule has 1 aromatic carbocycles. The molecule has 0 unspecified atom stereocenters. The third-order valence-corrected chi connectivity index (χ3v) is 2.41. The first-order valence-corrected chi connectivity index (χ1v) is 4.19. The smallest absolute Gasteiger partial charge is 0.0578 e. The number of nitrogen functional groups attached to an aromatic ring is 1. The fourth-order valence-corrected chi connectivity index (χ4v) is 1.79. The maximum atomic E-state index is 5.86. The SMILES string of the molecule is Nc1c[nH]c2ccc3[nH]ccc3c12. The van der Waals surface area contributed by atoms with E-state index in [1.165, 1.54) is 5.39 Å². The van der Waals surface area contributed by atoms with Crippen LogP contribution in [0.3, 0.4) is 0 Å². The molecule has 0 aliphatic rings. The molecule has 0 spiro atoms. The van der Waals surface area contributed by atoms with E-state index in [0.717, 1.165) is 22.1 Å². The second-order valence-corrected chi connectivity index (χ2v) is 3.17. The van der Waals surface area contributed by atoms with Crippen LogP contribution in [0, 0.1) is 0 Å². The van der Waals surface area contributed by atoms with Crippen molar-refractivity contribution in [2.24, 2.45) is 0 Å². The van der Waals surface area contributed by atoms with E-state index in [1.54, 1.807) is 0 Å². The molecule has 0 atom stereocenters. The first-order chi connectivity index (χ1) is 6.36. The summed E-state index contributed by atoms with van der Waals surface area (Å²) in [5.74, 6) is 0. The van der Waals surface area contributed by atoms with Gasteiger partial charge in [-0.25, -0.2) is 0 Å². The molecule has 2 heterocycles. The first kappa shape index (κ1) is 6.60. The van der Waals surface area contributed by atoms with Crippen molar-refractivity contribution in [2.45, 2.75) is 0 Å². The van der Waals surface area contributed by atoms with Crippen LogP contribution in [0.4, 0.5) is 5.69 Å². The second-order valence-electron chi connectivity index (χ2n) is 3.17. The van der Waals surface area contributed by atoms with Crippen LogP contribution in [0.1, 0.15) is 0 Å². The minimum atomic E-state index is 0.806. The van der Waals surface area contributed by atoms with Gasteiger partial charge >= 0.3 is 0 Å². The number of anilines is 1. The third-order valence-electron chi connectivity index (χ3n) is 2.41. The summed E-state index contributed by atoms with van der Waals surface area (Å²) >= 11 is 0. The van der Waals surface area contributed by atoms with Gasteiger partial charge in [0.05, 0.1) is 5.69 Å². The van der Waals surface area contributed by atoms with Gasteiger partial charge in [0.2, 0.25) is 0 Å². The topological polar surface area (TPSA) is 57.6 Å². The van der Waals surface area contributed by atoms with Crippen LogP contribution in [0.25, 0.3) is 21.8 Å². The number of aromatic amines is 2. The lowest BCUT2D eigenvalue weighted by Gasteiger charge is -1.94. The first-order valence-electron chi connectivity index (χ1n) is 4.19. The monoisotopic (exact) mass is 171 g/mol. The Morgan fingerprint density at radius 3 is 2.77 bits per heavy atom. The van der Waals surface area contributed by atoms with E-state index >= 15 is 0 Å². The van der Waals surface area contributed by atoms with Crippen molar-refractivity contribution < 1.29 is 0 Å². The Morgan fingerprint density at radius 1 is 1.00 bits per heavy atom. The molecule has 0 bridgehead atoms. The lowest BCUT2D eigenvalue weighted by molar-refractivity contribution is 1.46. The van der Waals surface area contributed by atoms with Gasteiger partial charge in [-0.2, -0.15) is 0 Å². The van der Waals surface area contributed by atoms with Crippen LogP contribution < -0.4 is 5.73 Å². The molecular formula is C10H9N3. The zero-order valence-electron chi connectivity index (χ0n) is 6.96. The van der Waals surface area contributed by atoms with E-state index in [2.05, 4.69) is 9.97 Å². The van der Waals surface area contributed by atoms with Crippen molar-refractivity contribution >= 4 is 27.5 Å². The molecule has 0 aliphatic heterocycles. The molecule has 3 aromatic rings. The summed E-state index contributed by atoms with van der Waals surface area (Å²) in [4.78, 5) is 6.29. The molecule has 0 saturated heterocycles. The summed E-state index contributed by atoms with van der Waals surface area (Å²) in [6.07, 6.45) is 3.76. The van der Waals surface area contributed by atoms with Crippen LogP contribution in [-0.2, 0) is 0 Å². The highest BCUT2D eigenvalue weighted by atomic mass is 14.7. The molecule has 0 fully saturated rings. The van der Waals surface area contributed by atoms with Crippen LogP contribution in [0.15, 0.2) is 30.6 Å². The molecule has 13 heavy (non-hydrogen) atoms. The number of aromatic nitrogens is 2. The van der Waals surface area contributed by atoms with Crippen LogP contribution in [0.5, 0.6) is 0 Å². The van der Waals surface area contributed by atoms with Crippen LogP contribution in [-0.4, -0.2) is 9.97 Å². The second kappa shape index (κ2) is 2.07. The molecule has 0 radical (unpaired) electrons. The van der Waals surface area contributed by atoms with E-state index in [4.69, 9.17) is 5.73 Å². The normalized spacial score (nSPS) is 11.4. The minimum Gasteiger partial charge on any atom is -0.397 e. The molecule has 4 N–H and O–H groups in total. The van der Waals surface area contributed by atoms with Crippen LogP contribution in [0.2, 0.25) is 0 Å². The third kappa shape index (κ3) is 0.731. The lowest BCUT2D eigenvalue weighted by atomic mass is 10.1. The molecule has 0 amide bonds. The number of hydrogen-bond donors (Lipinski definition) is 3. The Hall–Kier alpha value is -1.90. The zero-order valence-corrected chi connectivity index (χ0v) is 6.96. The van der Waals surface area contributed by atoms with Gasteiger partial charge in [0.1, 0.15) is 0 Å². The number of H-pyrrole nitrogens is 2. The van der Waals surface area contributed by atoms with Crippen molar-refractivity contribution in [3.63, 3.8) is 0 Å². The number of benzene rings is 1. The maximum absolute atomic E-state index is 5.86. The molecule has 3 rings (SSSR count). The van der Waals surface area contributed by atoms with Gasteiger partial charge < -0.3 is 15.7 Å². The molecule has 3 nitrogen and oxygen atoms in total. The number of fused-ring (bicyclic) bond motifs is 3. The van der Waals surface area contributed by atoms with E-state index in [1.807, 2.05) is 30.6 Å². The van der Waals surface area contributed by atoms with Crippen molar-refractivity contribution in [1.82, 2.24) is 9.97 Å². The fourth-order valence-electron chi connectivity index (χ4n) is 1.79. The van der Waals surface area contributed by atoms with Gasteiger partial charge in [0, 0.05) is 34.2 Å². The maximum Gasteiger partial charge on any atom is 0.0578 e. The molecular weight excluding hydrogens is 162 g/mol. The highest BCUT2D eigenvalue weighted by molar-refractivity contribution is 6.11. The summed E-state index contributed by atoms with van der Waals surface area (Å²) in [6.45, 7) is 0. The average Bonchev–Trinajstić information content (AvgIpc) is 2.70. The van der Waals surface area contributed by atoms with Crippen molar-refractivity contribution in [3.8, 4) is 0 Å². The predicted octanol–water partition coefficient (Wildman–Crippen LogP) is 2.23. The summed E-state index contributed by atoms with van der Waals surface area (Å²) < 4.78 is 0. The number of rotatable bonds is 0. The Morgan fingerprint density at radius 2 is 1.85 bits per heavy atom. The molecule has 3 heteroatoms.